The lowest BCUT2D eigenvalue weighted by Gasteiger charge is -2.11. The largest absolute Gasteiger partial charge is 0.352 e. The van der Waals surface area contributed by atoms with E-state index < -0.39 is 6.03 Å². The molecule has 1 aromatic heterocycles. The number of anilines is 1. The minimum absolute atomic E-state index is 0.0307. The number of nitrogens with one attached hydrogen (secondary N) is 3. The third-order valence-corrected chi connectivity index (χ3v) is 3.31. The van der Waals surface area contributed by atoms with Gasteiger partial charge in [0.05, 0.1) is 19.3 Å². The van der Waals surface area contributed by atoms with Crippen molar-refractivity contribution in [1.29, 1.82) is 0 Å². The van der Waals surface area contributed by atoms with Crippen molar-refractivity contribution in [2.24, 2.45) is 0 Å². The van der Waals surface area contributed by atoms with Crippen LogP contribution < -0.4 is 16.0 Å². The van der Waals surface area contributed by atoms with Crippen molar-refractivity contribution in [2.45, 2.75) is 26.4 Å². The van der Waals surface area contributed by atoms with Gasteiger partial charge < -0.3 is 10.6 Å². The Balaban J connectivity index is 1.89. The summed E-state index contributed by atoms with van der Waals surface area (Å²) < 4.78 is 1.65. The third-order valence-electron chi connectivity index (χ3n) is 3.06. The molecule has 24 heavy (non-hydrogen) atoms. The van der Waals surface area contributed by atoms with Crippen LogP contribution in [0.3, 0.4) is 0 Å². The molecule has 0 saturated heterocycles. The highest BCUT2D eigenvalue weighted by molar-refractivity contribution is 6.30. The van der Waals surface area contributed by atoms with Crippen molar-refractivity contribution in [3.63, 3.8) is 0 Å². The number of benzene rings is 1. The first-order valence-electron chi connectivity index (χ1n) is 7.54. The molecule has 0 aliphatic carbocycles. The zero-order chi connectivity index (χ0) is 17.5. The Hall–Kier alpha value is -2.54. The molecule has 2 rings (SSSR count). The number of nitrogens with zero attached hydrogens (tertiary/aromatic N) is 2. The Bertz CT molecular complexity index is 697. The van der Waals surface area contributed by atoms with Crippen molar-refractivity contribution in [3.8, 4) is 0 Å². The lowest BCUT2D eigenvalue weighted by Crippen LogP contribution is -2.41. The standard InChI is InChI=1S/C16H20ClN5O2/c1-11(2)20-15(23)9-18-16(24)21-14-7-8-19-22(14)10-12-3-5-13(17)6-4-12/h3-8,11H,9-10H2,1-2H3,(H,20,23)(H2,18,21,24). The molecule has 0 atom stereocenters. The number of hydrogen-bond acceptors (Lipinski definition) is 3. The molecule has 0 spiro atoms. The maximum atomic E-state index is 11.9. The molecule has 1 aromatic carbocycles. The van der Waals surface area contributed by atoms with E-state index in [0.717, 1.165) is 5.56 Å². The maximum Gasteiger partial charge on any atom is 0.320 e. The molecular formula is C16H20ClN5O2. The molecule has 128 valence electrons. The Morgan fingerprint density at radius 3 is 2.58 bits per heavy atom. The van der Waals surface area contributed by atoms with E-state index in [1.807, 2.05) is 26.0 Å². The van der Waals surface area contributed by atoms with Gasteiger partial charge in [-0.15, -0.1) is 0 Å². The summed E-state index contributed by atoms with van der Waals surface area (Å²) in [5.74, 6) is 0.293. The SMILES string of the molecule is CC(C)NC(=O)CNC(=O)Nc1ccnn1Cc1ccc(Cl)cc1. The average Bonchev–Trinajstić information content (AvgIpc) is 2.94. The van der Waals surface area contributed by atoms with Crippen LogP contribution in [0.1, 0.15) is 19.4 Å². The van der Waals surface area contributed by atoms with Crippen LogP contribution in [0.4, 0.5) is 10.6 Å². The molecule has 0 aliphatic heterocycles. The molecule has 3 N–H and O–H groups in total. The van der Waals surface area contributed by atoms with Crippen molar-refractivity contribution >= 4 is 29.4 Å². The van der Waals surface area contributed by atoms with Crippen molar-refractivity contribution in [1.82, 2.24) is 20.4 Å². The van der Waals surface area contributed by atoms with E-state index in [0.29, 0.717) is 17.4 Å². The van der Waals surface area contributed by atoms with Crippen LogP contribution >= 0.6 is 11.6 Å². The van der Waals surface area contributed by atoms with Gasteiger partial charge in [0, 0.05) is 17.1 Å². The third kappa shape index (κ3) is 5.58. The zero-order valence-electron chi connectivity index (χ0n) is 13.5. The van der Waals surface area contributed by atoms with Gasteiger partial charge >= 0.3 is 6.03 Å². The maximum absolute atomic E-state index is 11.9. The Labute approximate surface area is 145 Å². The molecule has 8 heteroatoms. The monoisotopic (exact) mass is 349 g/mol. The summed E-state index contributed by atoms with van der Waals surface area (Å²) in [7, 11) is 0. The Kier molecular flexibility index (Phi) is 6.20. The van der Waals surface area contributed by atoms with Crippen LogP contribution in [0.2, 0.25) is 5.02 Å². The van der Waals surface area contributed by atoms with Gasteiger partial charge in [0.25, 0.3) is 0 Å². The molecule has 2 aromatic rings. The van der Waals surface area contributed by atoms with E-state index in [4.69, 9.17) is 11.6 Å². The molecule has 0 saturated carbocycles. The van der Waals surface area contributed by atoms with E-state index in [1.54, 1.807) is 29.1 Å². The zero-order valence-corrected chi connectivity index (χ0v) is 14.3. The van der Waals surface area contributed by atoms with E-state index in [9.17, 15) is 9.59 Å². The quantitative estimate of drug-likeness (QED) is 0.747. The number of rotatable bonds is 6. The van der Waals surface area contributed by atoms with Crippen LogP contribution in [0, 0.1) is 0 Å². The van der Waals surface area contributed by atoms with Gasteiger partial charge in [-0.3, -0.25) is 10.1 Å². The minimum atomic E-state index is -0.466. The highest BCUT2D eigenvalue weighted by atomic mass is 35.5. The summed E-state index contributed by atoms with van der Waals surface area (Å²) in [6, 6.07) is 8.63. The van der Waals surface area contributed by atoms with Gasteiger partial charge in [0.2, 0.25) is 5.91 Å². The topological polar surface area (TPSA) is 88.1 Å². The predicted octanol–water partition coefficient (Wildman–Crippen LogP) is 2.23. The second kappa shape index (κ2) is 8.35. The Morgan fingerprint density at radius 1 is 1.21 bits per heavy atom. The number of hydrogen-bond donors (Lipinski definition) is 3. The van der Waals surface area contributed by atoms with E-state index in [-0.39, 0.29) is 18.5 Å². The fourth-order valence-electron chi connectivity index (χ4n) is 2.02. The lowest BCUT2D eigenvalue weighted by atomic mass is 10.2. The summed E-state index contributed by atoms with van der Waals surface area (Å²) in [5, 5.41) is 12.7. The van der Waals surface area contributed by atoms with Crippen molar-refractivity contribution < 1.29 is 9.59 Å². The fraction of sp³-hybridized carbons (Fsp3) is 0.312. The first-order chi connectivity index (χ1) is 11.4. The molecule has 0 bridgehead atoms. The highest BCUT2D eigenvalue weighted by Gasteiger charge is 2.09. The van der Waals surface area contributed by atoms with Gasteiger partial charge in [0.15, 0.2) is 0 Å². The number of carbonyl (C=O) groups is 2. The number of amides is 3. The molecule has 0 radical (unpaired) electrons. The van der Waals surface area contributed by atoms with Crippen molar-refractivity contribution in [2.75, 3.05) is 11.9 Å². The number of carbonyl (C=O) groups excluding carboxylic acids is 2. The minimum Gasteiger partial charge on any atom is -0.352 e. The molecular weight excluding hydrogens is 330 g/mol. The molecule has 0 unspecified atom stereocenters. The summed E-state index contributed by atoms with van der Waals surface area (Å²) in [5.41, 5.74) is 1.00. The average molecular weight is 350 g/mol. The van der Waals surface area contributed by atoms with Gasteiger partial charge in [-0.25, -0.2) is 9.48 Å². The van der Waals surface area contributed by atoms with Gasteiger partial charge in [0.1, 0.15) is 5.82 Å². The van der Waals surface area contributed by atoms with Gasteiger partial charge in [-0.05, 0) is 31.5 Å². The lowest BCUT2D eigenvalue weighted by molar-refractivity contribution is -0.120. The van der Waals surface area contributed by atoms with E-state index >= 15 is 0 Å². The molecule has 1 heterocycles. The number of urea groups is 1. The van der Waals surface area contributed by atoms with Gasteiger partial charge in [-0.1, -0.05) is 23.7 Å². The smallest absolute Gasteiger partial charge is 0.320 e. The Morgan fingerprint density at radius 2 is 1.92 bits per heavy atom. The van der Waals surface area contributed by atoms with E-state index in [1.165, 1.54) is 0 Å². The number of halogens is 1. The normalized spacial score (nSPS) is 10.5. The van der Waals surface area contributed by atoms with Crippen LogP contribution in [-0.4, -0.2) is 34.3 Å². The van der Waals surface area contributed by atoms with Crippen molar-refractivity contribution in [3.05, 3.63) is 47.1 Å². The molecule has 0 aliphatic rings. The second-order valence-corrected chi connectivity index (χ2v) is 5.97. The summed E-state index contributed by atoms with van der Waals surface area (Å²) in [6.45, 7) is 4.11. The summed E-state index contributed by atoms with van der Waals surface area (Å²) >= 11 is 5.87. The van der Waals surface area contributed by atoms with Gasteiger partial charge in [-0.2, -0.15) is 5.10 Å². The van der Waals surface area contributed by atoms with Crippen LogP contribution in [0.25, 0.3) is 0 Å². The molecule has 3 amide bonds. The highest BCUT2D eigenvalue weighted by Crippen LogP contribution is 2.13. The van der Waals surface area contributed by atoms with Crippen LogP contribution in [-0.2, 0) is 11.3 Å². The predicted molar refractivity (Wildman–Crippen MR) is 93.1 cm³/mol. The molecule has 0 fully saturated rings. The summed E-state index contributed by atoms with van der Waals surface area (Å²) in [4.78, 5) is 23.4. The van der Waals surface area contributed by atoms with Crippen LogP contribution in [0.5, 0.6) is 0 Å². The first kappa shape index (κ1) is 17.8. The van der Waals surface area contributed by atoms with Crippen LogP contribution in [0.15, 0.2) is 36.5 Å². The fourth-order valence-corrected chi connectivity index (χ4v) is 2.15. The molecule has 7 nitrogen and oxygen atoms in total. The number of aromatic nitrogens is 2. The summed E-state index contributed by atoms with van der Waals surface area (Å²) in [6.07, 6.45) is 1.59. The first-order valence-corrected chi connectivity index (χ1v) is 7.92. The second-order valence-electron chi connectivity index (χ2n) is 5.53. The van der Waals surface area contributed by atoms with E-state index in [2.05, 4.69) is 21.0 Å².